The minimum absolute atomic E-state index is 0.0969. The van der Waals surface area contributed by atoms with Gasteiger partial charge in [0.05, 0.1) is 18.2 Å². The Morgan fingerprint density at radius 2 is 2.31 bits per heavy atom. The Hall–Kier alpha value is -0.310. The SMILES string of the molecule is CS(=O)(=O)NCC[C@H](N)C(=O)N1CCSC1. The summed E-state index contributed by atoms with van der Waals surface area (Å²) in [6.07, 6.45) is 1.41. The van der Waals surface area contributed by atoms with Crippen LogP contribution in [-0.2, 0) is 14.8 Å². The van der Waals surface area contributed by atoms with Gasteiger partial charge in [-0.3, -0.25) is 4.79 Å². The molecule has 0 saturated carbocycles. The van der Waals surface area contributed by atoms with Crippen molar-refractivity contribution in [3.8, 4) is 0 Å². The Kier molecular flexibility index (Phi) is 5.03. The average molecular weight is 267 g/mol. The first-order chi connectivity index (χ1) is 7.40. The van der Waals surface area contributed by atoms with Crippen LogP contribution in [0.3, 0.4) is 0 Å². The second-order valence-electron chi connectivity index (χ2n) is 3.70. The van der Waals surface area contributed by atoms with Gasteiger partial charge in [0.15, 0.2) is 0 Å². The van der Waals surface area contributed by atoms with E-state index in [0.29, 0.717) is 12.3 Å². The van der Waals surface area contributed by atoms with Crippen LogP contribution in [0.1, 0.15) is 6.42 Å². The van der Waals surface area contributed by atoms with Crippen molar-refractivity contribution < 1.29 is 13.2 Å². The van der Waals surface area contributed by atoms with Gasteiger partial charge in [-0.1, -0.05) is 0 Å². The Morgan fingerprint density at radius 3 is 2.81 bits per heavy atom. The summed E-state index contributed by atoms with van der Waals surface area (Å²) in [4.78, 5) is 13.4. The molecule has 0 unspecified atom stereocenters. The molecule has 3 N–H and O–H groups in total. The fourth-order valence-electron chi connectivity index (χ4n) is 1.35. The van der Waals surface area contributed by atoms with Crippen LogP contribution in [0.25, 0.3) is 0 Å². The van der Waals surface area contributed by atoms with Crippen LogP contribution in [0, 0.1) is 0 Å². The van der Waals surface area contributed by atoms with Crippen molar-refractivity contribution in [3.63, 3.8) is 0 Å². The number of nitrogens with one attached hydrogen (secondary N) is 1. The number of hydrogen-bond donors (Lipinski definition) is 2. The molecule has 16 heavy (non-hydrogen) atoms. The molecule has 1 amide bonds. The van der Waals surface area contributed by atoms with Gasteiger partial charge in [0.1, 0.15) is 0 Å². The Labute approximate surface area is 100.0 Å². The molecule has 1 saturated heterocycles. The molecular weight excluding hydrogens is 250 g/mol. The zero-order valence-electron chi connectivity index (χ0n) is 9.18. The summed E-state index contributed by atoms with van der Waals surface area (Å²) >= 11 is 1.69. The van der Waals surface area contributed by atoms with Crippen LogP contribution in [0.2, 0.25) is 0 Å². The molecule has 0 aliphatic carbocycles. The highest BCUT2D eigenvalue weighted by atomic mass is 32.2. The van der Waals surface area contributed by atoms with E-state index in [2.05, 4.69) is 4.72 Å². The topological polar surface area (TPSA) is 92.5 Å². The molecule has 0 aromatic rings. The predicted octanol–water partition coefficient (Wildman–Crippen LogP) is -1.21. The first-order valence-electron chi connectivity index (χ1n) is 4.97. The molecule has 1 rings (SSSR count). The maximum Gasteiger partial charge on any atom is 0.240 e. The van der Waals surface area contributed by atoms with Crippen LogP contribution < -0.4 is 10.5 Å². The molecule has 6 nitrogen and oxygen atoms in total. The van der Waals surface area contributed by atoms with Crippen molar-refractivity contribution in [2.24, 2.45) is 5.73 Å². The van der Waals surface area contributed by atoms with Crippen molar-refractivity contribution in [1.82, 2.24) is 9.62 Å². The van der Waals surface area contributed by atoms with Gasteiger partial charge in [0.25, 0.3) is 0 Å². The third-order valence-electron chi connectivity index (χ3n) is 2.20. The molecule has 0 radical (unpaired) electrons. The Balaban J connectivity index is 2.28. The van der Waals surface area contributed by atoms with Gasteiger partial charge >= 0.3 is 0 Å². The van der Waals surface area contributed by atoms with Gasteiger partial charge in [-0.2, -0.15) is 0 Å². The lowest BCUT2D eigenvalue weighted by molar-refractivity contribution is -0.131. The maximum absolute atomic E-state index is 11.7. The first kappa shape index (κ1) is 13.8. The van der Waals surface area contributed by atoms with Crippen LogP contribution >= 0.6 is 11.8 Å². The average Bonchev–Trinajstić information content (AvgIpc) is 2.67. The monoisotopic (exact) mass is 267 g/mol. The molecule has 1 fully saturated rings. The number of hydrogen-bond acceptors (Lipinski definition) is 5. The van der Waals surface area contributed by atoms with Gasteiger partial charge in [-0.05, 0) is 6.42 Å². The lowest BCUT2D eigenvalue weighted by atomic mass is 10.2. The summed E-state index contributed by atoms with van der Waals surface area (Å²) < 4.78 is 23.9. The number of thioether (sulfide) groups is 1. The second kappa shape index (κ2) is 5.85. The van der Waals surface area contributed by atoms with Crippen molar-refractivity contribution in [3.05, 3.63) is 0 Å². The number of nitrogens with two attached hydrogens (primary N) is 1. The summed E-state index contributed by atoms with van der Waals surface area (Å²) in [5, 5.41) is 0. The van der Waals surface area contributed by atoms with Crippen molar-refractivity contribution >= 4 is 27.7 Å². The lowest BCUT2D eigenvalue weighted by Gasteiger charge is -2.19. The minimum atomic E-state index is -3.20. The quantitative estimate of drug-likeness (QED) is 0.652. The summed E-state index contributed by atoms with van der Waals surface area (Å²) in [5.41, 5.74) is 5.69. The van der Waals surface area contributed by atoms with Gasteiger partial charge in [-0.15, -0.1) is 11.8 Å². The number of amides is 1. The molecule has 1 aliphatic rings. The highest BCUT2D eigenvalue weighted by Crippen LogP contribution is 2.14. The number of carbonyl (C=O) groups excluding carboxylic acids is 1. The summed E-state index contributed by atoms with van der Waals surface area (Å²) in [6.45, 7) is 0.934. The number of carbonyl (C=O) groups is 1. The van der Waals surface area contributed by atoms with E-state index in [1.165, 1.54) is 0 Å². The van der Waals surface area contributed by atoms with Crippen LogP contribution in [0.5, 0.6) is 0 Å². The lowest BCUT2D eigenvalue weighted by Crippen LogP contribution is -2.44. The van der Waals surface area contributed by atoms with Crippen LogP contribution in [-0.4, -0.2) is 56.2 Å². The van der Waals surface area contributed by atoms with Gasteiger partial charge in [0, 0.05) is 18.8 Å². The number of rotatable bonds is 5. The van der Waals surface area contributed by atoms with E-state index in [9.17, 15) is 13.2 Å². The minimum Gasteiger partial charge on any atom is -0.331 e. The summed E-state index contributed by atoms with van der Waals surface area (Å²) in [5.74, 6) is 1.53. The third-order valence-corrected chi connectivity index (χ3v) is 3.90. The van der Waals surface area contributed by atoms with Gasteiger partial charge < -0.3 is 10.6 Å². The second-order valence-corrected chi connectivity index (χ2v) is 6.61. The Morgan fingerprint density at radius 1 is 1.62 bits per heavy atom. The normalized spacial score (nSPS) is 18.8. The largest absolute Gasteiger partial charge is 0.331 e. The molecule has 0 aromatic heterocycles. The fraction of sp³-hybridized carbons (Fsp3) is 0.875. The molecular formula is C8H17N3O3S2. The van der Waals surface area contributed by atoms with Gasteiger partial charge in [0.2, 0.25) is 15.9 Å². The molecule has 8 heteroatoms. The zero-order valence-corrected chi connectivity index (χ0v) is 10.8. The van der Waals surface area contributed by atoms with Crippen LogP contribution in [0.15, 0.2) is 0 Å². The standard InChI is InChI=1S/C8H17N3O3S2/c1-16(13,14)10-3-2-7(9)8(12)11-4-5-15-6-11/h7,10H,2-6,9H2,1H3/t7-/m0/s1. The summed E-state index contributed by atoms with van der Waals surface area (Å²) in [6, 6.07) is -0.618. The molecule has 94 valence electrons. The van der Waals surface area contributed by atoms with E-state index in [1.807, 2.05) is 0 Å². The maximum atomic E-state index is 11.7. The highest BCUT2D eigenvalue weighted by molar-refractivity contribution is 7.99. The van der Waals surface area contributed by atoms with Crippen molar-refractivity contribution in [1.29, 1.82) is 0 Å². The first-order valence-corrected chi connectivity index (χ1v) is 8.01. The molecule has 0 bridgehead atoms. The molecule has 0 aromatic carbocycles. The molecule has 1 atom stereocenters. The highest BCUT2D eigenvalue weighted by Gasteiger charge is 2.23. The van der Waals surface area contributed by atoms with Gasteiger partial charge in [-0.25, -0.2) is 13.1 Å². The van der Waals surface area contributed by atoms with E-state index >= 15 is 0 Å². The molecule has 1 aliphatic heterocycles. The summed E-state index contributed by atoms with van der Waals surface area (Å²) in [7, 11) is -3.20. The zero-order chi connectivity index (χ0) is 12.2. The third kappa shape index (κ3) is 4.69. The van der Waals surface area contributed by atoms with E-state index in [0.717, 1.165) is 18.6 Å². The smallest absolute Gasteiger partial charge is 0.240 e. The number of sulfonamides is 1. The predicted molar refractivity (Wildman–Crippen MR) is 64.5 cm³/mol. The van der Waals surface area contributed by atoms with Crippen LogP contribution in [0.4, 0.5) is 0 Å². The number of nitrogens with zero attached hydrogens (tertiary/aromatic N) is 1. The van der Waals surface area contributed by atoms with E-state index < -0.39 is 16.1 Å². The Bertz CT molecular complexity index is 338. The van der Waals surface area contributed by atoms with E-state index in [1.54, 1.807) is 16.7 Å². The molecule has 1 heterocycles. The van der Waals surface area contributed by atoms with E-state index in [-0.39, 0.29) is 12.5 Å². The van der Waals surface area contributed by atoms with Crippen molar-refractivity contribution in [2.75, 3.05) is 31.0 Å². The molecule has 0 spiro atoms. The van der Waals surface area contributed by atoms with Crippen molar-refractivity contribution in [2.45, 2.75) is 12.5 Å². The van der Waals surface area contributed by atoms with E-state index in [4.69, 9.17) is 5.73 Å². The fourth-order valence-corrected chi connectivity index (χ4v) is 2.79.